The van der Waals surface area contributed by atoms with E-state index in [1.165, 1.54) is 18.4 Å². The van der Waals surface area contributed by atoms with E-state index < -0.39 is 0 Å². The quantitative estimate of drug-likeness (QED) is 0.769. The first-order valence-electron chi connectivity index (χ1n) is 7.06. The molecule has 0 bridgehead atoms. The first-order chi connectivity index (χ1) is 8.58. The van der Waals surface area contributed by atoms with Gasteiger partial charge in [-0.2, -0.15) is 0 Å². The summed E-state index contributed by atoms with van der Waals surface area (Å²) in [6.07, 6.45) is 3.44. The third-order valence-electron chi connectivity index (χ3n) is 3.64. The number of hydrogen-bond donors (Lipinski definition) is 1. The maximum atomic E-state index is 13.1. The Hall–Kier alpha value is -0.890. The molecule has 0 saturated heterocycles. The van der Waals surface area contributed by atoms with E-state index in [2.05, 4.69) is 26.1 Å². The fourth-order valence-corrected chi connectivity index (χ4v) is 2.52. The van der Waals surface area contributed by atoms with Crippen molar-refractivity contribution in [2.75, 3.05) is 6.54 Å². The molecule has 0 aliphatic carbocycles. The fraction of sp³-hybridized carbons (Fsp3) is 0.625. The number of nitrogens with one attached hydrogen (secondary N) is 1. The van der Waals surface area contributed by atoms with E-state index in [0.717, 1.165) is 18.5 Å². The van der Waals surface area contributed by atoms with Crippen LogP contribution in [0.4, 0.5) is 4.39 Å². The number of halogens is 1. The van der Waals surface area contributed by atoms with Gasteiger partial charge in [-0.3, -0.25) is 0 Å². The molecule has 2 unspecified atom stereocenters. The van der Waals surface area contributed by atoms with Gasteiger partial charge in [0.2, 0.25) is 0 Å². The van der Waals surface area contributed by atoms with E-state index in [0.29, 0.717) is 12.0 Å². The maximum Gasteiger partial charge on any atom is 0.123 e. The molecule has 0 fully saturated rings. The zero-order chi connectivity index (χ0) is 13.5. The first kappa shape index (κ1) is 15.2. The third-order valence-corrected chi connectivity index (χ3v) is 3.64. The smallest absolute Gasteiger partial charge is 0.123 e. The van der Waals surface area contributed by atoms with Crippen LogP contribution in [0.3, 0.4) is 0 Å². The second-order valence-corrected chi connectivity index (χ2v) is 5.21. The van der Waals surface area contributed by atoms with Gasteiger partial charge in [-0.15, -0.1) is 0 Å². The molecular weight excluding hydrogens is 225 g/mol. The van der Waals surface area contributed by atoms with Gasteiger partial charge in [0.25, 0.3) is 0 Å². The minimum absolute atomic E-state index is 0.141. The van der Waals surface area contributed by atoms with Gasteiger partial charge in [0, 0.05) is 6.04 Å². The molecule has 0 aliphatic heterocycles. The molecule has 0 aliphatic rings. The summed E-state index contributed by atoms with van der Waals surface area (Å²) in [6, 6.07) is 5.60. The van der Waals surface area contributed by atoms with Crippen LogP contribution in [-0.2, 0) is 6.42 Å². The normalized spacial score (nSPS) is 14.5. The Morgan fingerprint density at radius 1 is 1.28 bits per heavy atom. The van der Waals surface area contributed by atoms with Crippen LogP contribution in [0.25, 0.3) is 0 Å². The van der Waals surface area contributed by atoms with Crippen LogP contribution in [0.15, 0.2) is 18.2 Å². The molecule has 1 rings (SSSR count). The van der Waals surface area contributed by atoms with Crippen molar-refractivity contribution < 1.29 is 4.39 Å². The first-order valence-corrected chi connectivity index (χ1v) is 7.06. The summed E-state index contributed by atoms with van der Waals surface area (Å²) in [5.74, 6) is 0.511. The molecule has 1 aromatic carbocycles. The van der Waals surface area contributed by atoms with E-state index in [9.17, 15) is 4.39 Å². The Labute approximate surface area is 111 Å². The number of rotatable bonds is 7. The lowest BCUT2D eigenvalue weighted by atomic mass is 9.90. The number of aryl methyl sites for hydroxylation is 1. The summed E-state index contributed by atoms with van der Waals surface area (Å²) in [5, 5.41) is 3.56. The Balaban J connectivity index is 2.75. The van der Waals surface area contributed by atoms with E-state index >= 15 is 0 Å². The van der Waals surface area contributed by atoms with Crippen molar-refractivity contribution in [3.63, 3.8) is 0 Å². The number of benzene rings is 1. The van der Waals surface area contributed by atoms with E-state index in [1.807, 2.05) is 13.0 Å². The molecule has 0 amide bonds. The third kappa shape index (κ3) is 4.41. The highest BCUT2D eigenvalue weighted by Crippen LogP contribution is 2.18. The molecule has 18 heavy (non-hydrogen) atoms. The largest absolute Gasteiger partial charge is 0.314 e. The molecule has 1 nitrogen and oxygen atoms in total. The standard InChI is InChI=1S/C16H26FN/c1-5-7-12(3)16(18-6-2)11-14-8-9-15(17)10-13(14)4/h8-10,12,16,18H,5-7,11H2,1-4H3. The minimum Gasteiger partial charge on any atom is -0.314 e. The molecule has 102 valence electrons. The van der Waals surface area contributed by atoms with Gasteiger partial charge >= 0.3 is 0 Å². The second kappa shape index (κ2) is 7.52. The topological polar surface area (TPSA) is 12.0 Å². The summed E-state index contributed by atoms with van der Waals surface area (Å²) < 4.78 is 13.1. The monoisotopic (exact) mass is 251 g/mol. The summed E-state index contributed by atoms with van der Waals surface area (Å²) in [6.45, 7) is 9.65. The average molecular weight is 251 g/mol. The Morgan fingerprint density at radius 3 is 2.56 bits per heavy atom. The average Bonchev–Trinajstić information content (AvgIpc) is 2.32. The highest BCUT2D eigenvalue weighted by molar-refractivity contribution is 5.27. The van der Waals surface area contributed by atoms with Crippen molar-refractivity contribution in [1.29, 1.82) is 0 Å². The number of hydrogen-bond acceptors (Lipinski definition) is 1. The Morgan fingerprint density at radius 2 is 2.00 bits per heavy atom. The molecule has 0 spiro atoms. The van der Waals surface area contributed by atoms with E-state index in [4.69, 9.17) is 0 Å². The molecule has 0 radical (unpaired) electrons. The lowest BCUT2D eigenvalue weighted by molar-refractivity contribution is 0.357. The summed E-state index contributed by atoms with van der Waals surface area (Å²) in [7, 11) is 0. The summed E-state index contributed by atoms with van der Waals surface area (Å²) in [4.78, 5) is 0. The summed E-state index contributed by atoms with van der Waals surface area (Å²) in [5.41, 5.74) is 2.31. The predicted octanol–water partition coefficient (Wildman–Crippen LogP) is 4.09. The van der Waals surface area contributed by atoms with Gasteiger partial charge in [0.05, 0.1) is 0 Å². The van der Waals surface area contributed by atoms with E-state index in [-0.39, 0.29) is 5.82 Å². The molecule has 2 atom stereocenters. The van der Waals surface area contributed by atoms with Crippen molar-refractivity contribution in [3.8, 4) is 0 Å². The summed E-state index contributed by atoms with van der Waals surface area (Å²) >= 11 is 0. The van der Waals surface area contributed by atoms with Gasteiger partial charge in [-0.1, -0.05) is 33.3 Å². The zero-order valence-corrected chi connectivity index (χ0v) is 12.1. The fourth-order valence-electron chi connectivity index (χ4n) is 2.52. The van der Waals surface area contributed by atoms with Crippen molar-refractivity contribution in [3.05, 3.63) is 35.1 Å². The van der Waals surface area contributed by atoms with E-state index in [1.54, 1.807) is 12.1 Å². The van der Waals surface area contributed by atoms with Crippen LogP contribution in [0.5, 0.6) is 0 Å². The zero-order valence-electron chi connectivity index (χ0n) is 12.1. The molecule has 0 saturated carbocycles. The SMILES string of the molecule is CCCC(C)C(Cc1ccc(F)cc1C)NCC. The molecule has 2 heteroatoms. The lowest BCUT2D eigenvalue weighted by Crippen LogP contribution is -2.37. The highest BCUT2D eigenvalue weighted by Gasteiger charge is 2.17. The molecule has 0 aromatic heterocycles. The predicted molar refractivity (Wildman–Crippen MR) is 76.4 cm³/mol. The van der Waals surface area contributed by atoms with Crippen LogP contribution < -0.4 is 5.32 Å². The van der Waals surface area contributed by atoms with Crippen LogP contribution in [-0.4, -0.2) is 12.6 Å². The maximum absolute atomic E-state index is 13.1. The van der Waals surface area contributed by atoms with Gasteiger partial charge in [0.1, 0.15) is 5.82 Å². The van der Waals surface area contributed by atoms with Crippen LogP contribution in [0, 0.1) is 18.7 Å². The van der Waals surface area contributed by atoms with Gasteiger partial charge in [-0.05, 0) is 55.5 Å². The Kier molecular flexibility index (Phi) is 6.34. The number of likely N-dealkylation sites (N-methyl/N-ethyl adjacent to an activating group) is 1. The van der Waals surface area contributed by atoms with Gasteiger partial charge < -0.3 is 5.32 Å². The minimum atomic E-state index is -0.141. The van der Waals surface area contributed by atoms with Crippen molar-refractivity contribution in [2.24, 2.45) is 5.92 Å². The molecule has 0 heterocycles. The molecule has 1 aromatic rings. The van der Waals surface area contributed by atoms with Crippen LogP contribution >= 0.6 is 0 Å². The second-order valence-electron chi connectivity index (χ2n) is 5.21. The van der Waals surface area contributed by atoms with Crippen molar-refractivity contribution >= 4 is 0 Å². The van der Waals surface area contributed by atoms with Gasteiger partial charge in [0.15, 0.2) is 0 Å². The molecule has 1 N–H and O–H groups in total. The highest BCUT2D eigenvalue weighted by atomic mass is 19.1. The van der Waals surface area contributed by atoms with Crippen LogP contribution in [0.1, 0.15) is 44.7 Å². The molecular formula is C16H26FN. The van der Waals surface area contributed by atoms with Gasteiger partial charge in [-0.25, -0.2) is 4.39 Å². The lowest BCUT2D eigenvalue weighted by Gasteiger charge is -2.25. The van der Waals surface area contributed by atoms with Crippen LogP contribution in [0.2, 0.25) is 0 Å². The van der Waals surface area contributed by atoms with Crippen molar-refractivity contribution in [1.82, 2.24) is 5.32 Å². The van der Waals surface area contributed by atoms with Crippen molar-refractivity contribution in [2.45, 2.75) is 53.0 Å². The Bertz CT molecular complexity index is 362.